The van der Waals surface area contributed by atoms with Crippen LogP contribution < -0.4 is 11.3 Å². The summed E-state index contributed by atoms with van der Waals surface area (Å²) in [5, 5.41) is 0. The third kappa shape index (κ3) is 2.42. The number of aromatic nitrogens is 4. The Balaban J connectivity index is 2.31. The minimum Gasteiger partial charge on any atom is -0.443 e. The van der Waals surface area contributed by atoms with Gasteiger partial charge < -0.3 is 15.5 Å². The fraction of sp³-hybridized carbons (Fsp3) is 0.455. The van der Waals surface area contributed by atoms with Crippen molar-refractivity contribution in [3.63, 3.8) is 0 Å². The zero-order chi connectivity index (χ0) is 14.2. The Bertz CT molecular complexity index is 680. The zero-order valence-corrected chi connectivity index (χ0v) is 10.9. The van der Waals surface area contributed by atoms with Crippen LogP contribution in [0.1, 0.15) is 20.8 Å². The average Bonchev–Trinajstić information content (AvgIpc) is 2.75. The fourth-order valence-corrected chi connectivity index (χ4v) is 1.40. The molecule has 0 atom stereocenters. The lowest BCUT2D eigenvalue weighted by Crippen LogP contribution is -2.30. The Kier molecular flexibility index (Phi) is 3.01. The van der Waals surface area contributed by atoms with E-state index in [0.29, 0.717) is 0 Å². The Hall–Kier alpha value is -2.38. The fourth-order valence-electron chi connectivity index (χ4n) is 1.40. The number of hydrogen-bond donors (Lipinski definition) is 2. The average molecular weight is 265 g/mol. The van der Waals surface area contributed by atoms with E-state index in [1.165, 1.54) is 6.33 Å². The molecule has 19 heavy (non-hydrogen) atoms. The molecule has 102 valence electrons. The molecule has 2 aromatic rings. The molecule has 0 aliphatic rings. The highest BCUT2D eigenvalue weighted by molar-refractivity contribution is 5.75. The second-order valence-electron chi connectivity index (χ2n) is 5.12. The van der Waals surface area contributed by atoms with Crippen LogP contribution in [0.4, 0.5) is 5.95 Å². The summed E-state index contributed by atoms with van der Waals surface area (Å²) in [6, 6.07) is 0. The minimum atomic E-state index is -0.649. The van der Waals surface area contributed by atoms with Crippen LogP contribution in [0.25, 0.3) is 11.2 Å². The highest BCUT2D eigenvalue weighted by Gasteiger charge is 2.23. The van der Waals surface area contributed by atoms with Crippen molar-refractivity contribution < 1.29 is 9.53 Å². The number of anilines is 1. The van der Waals surface area contributed by atoms with E-state index in [1.807, 2.05) is 0 Å². The molecule has 0 unspecified atom stereocenters. The summed E-state index contributed by atoms with van der Waals surface area (Å²) in [5.41, 5.74) is 5.03. The first-order valence-electron chi connectivity index (χ1n) is 5.67. The second-order valence-corrected chi connectivity index (χ2v) is 5.12. The van der Waals surface area contributed by atoms with Gasteiger partial charge in [-0.3, -0.25) is 9.59 Å². The molecule has 0 aliphatic heterocycles. The highest BCUT2D eigenvalue weighted by Crippen LogP contribution is 2.15. The zero-order valence-electron chi connectivity index (χ0n) is 10.9. The van der Waals surface area contributed by atoms with Crippen molar-refractivity contribution in [3.05, 3.63) is 16.7 Å². The maximum absolute atomic E-state index is 12.1. The number of carbonyl (C=O) groups is 1. The summed E-state index contributed by atoms with van der Waals surface area (Å²) in [4.78, 5) is 34.2. The van der Waals surface area contributed by atoms with E-state index in [4.69, 9.17) is 10.5 Å². The number of imidazole rings is 1. The van der Waals surface area contributed by atoms with Gasteiger partial charge in [0.25, 0.3) is 5.56 Å². The predicted octanol–water partition coefficient (Wildman–Crippen LogP) is 0.249. The van der Waals surface area contributed by atoms with Gasteiger partial charge in [-0.25, -0.2) is 9.55 Å². The first-order chi connectivity index (χ1) is 8.80. The minimum absolute atomic E-state index is 0.0497. The quantitative estimate of drug-likeness (QED) is 0.752. The van der Waals surface area contributed by atoms with Crippen molar-refractivity contribution in [1.82, 2.24) is 19.5 Å². The topological polar surface area (TPSA) is 116 Å². The number of nitrogens with two attached hydrogens (primary N) is 1. The van der Waals surface area contributed by atoms with Crippen LogP contribution in [0, 0.1) is 5.41 Å². The molecule has 0 saturated heterocycles. The number of fused-ring (bicyclic) bond motifs is 1. The lowest BCUT2D eigenvalue weighted by atomic mass is 9.98. The molecule has 0 spiro atoms. The first-order valence-corrected chi connectivity index (χ1v) is 5.67. The van der Waals surface area contributed by atoms with Crippen molar-refractivity contribution in [3.8, 4) is 0 Å². The number of hydrogen-bond acceptors (Lipinski definition) is 6. The summed E-state index contributed by atoms with van der Waals surface area (Å²) >= 11 is 0. The van der Waals surface area contributed by atoms with Gasteiger partial charge in [-0.15, -0.1) is 0 Å². The van der Waals surface area contributed by atoms with Gasteiger partial charge in [0.05, 0.1) is 11.7 Å². The van der Waals surface area contributed by atoms with Crippen molar-refractivity contribution in [2.24, 2.45) is 5.41 Å². The third-order valence-electron chi connectivity index (χ3n) is 2.51. The molecule has 3 N–H and O–H groups in total. The largest absolute Gasteiger partial charge is 0.443 e. The number of rotatable bonds is 2. The van der Waals surface area contributed by atoms with E-state index in [2.05, 4.69) is 15.0 Å². The molecule has 2 aromatic heterocycles. The van der Waals surface area contributed by atoms with Gasteiger partial charge in [0.1, 0.15) is 0 Å². The van der Waals surface area contributed by atoms with Crippen LogP contribution in [-0.2, 0) is 16.3 Å². The lowest BCUT2D eigenvalue weighted by molar-refractivity contribution is -0.156. The Morgan fingerprint density at radius 3 is 2.84 bits per heavy atom. The maximum atomic E-state index is 12.1. The molecule has 2 heterocycles. The van der Waals surface area contributed by atoms with E-state index in [0.717, 1.165) is 4.57 Å². The van der Waals surface area contributed by atoms with E-state index in [9.17, 15) is 9.59 Å². The number of esters is 1. The number of nitrogen functional groups attached to an aromatic ring is 1. The number of carbonyl (C=O) groups excluding carboxylic acids is 1. The van der Waals surface area contributed by atoms with Crippen LogP contribution in [0.3, 0.4) is 0 Å². The van der Waals surface area contributed by atoms with Gasteiger partial charge in [0.2, 0.25) is 5.95 Å². The van der Waals surface area contributed by atoms with Crippen LogP contribution in [0.5, 0.6) is 0 Å². The summed E-state index contributed by atoms with van der Waals surface area (Å²) in [7, 11) is 0. The SMILES string of the molecule is CC(C)(C)C(=O)OCn1c(N)nc2nc[nH]c2c1=O. The van der Waals surface area contributed by atoms with E-state index in [1.54, 1.807) is 20.8 Å². The van der Waals surface area contributed by atoms with Crippen molar-refractivity contribution in [1.29, 1.82) is 0 Å². The summed E-state index contributed by atoms with van der Waals surface area (Å²) < 4.78 is 6.12. The van der Waals surface area contributed by atoms with Crippen LogP contribution in [0.15, 0.2) is 11.1 Å². The lowest BCUT2D eigenvalue weighted by Gasteiger charge is -2.17. The molecule has 0 bridgehead atoms. The van der Waals surface area contributed by atoms with Gasteiger partial charge in [0, 0.05) is 0 Å². The molecule has 0 radical (unpaired) electrons. The number of H-pyrrole nitrogens is 1. The molecular weight excluding hydrogens is 250 g/mol. The van der Waals surface area contributed by atoms with Gasteiger partial charge in [-0.2, -0.15) is 4.98 Å². The van der Waals surface area contributed by atoms with Crippen molar-refractivity contribution >= 4 is 23.1 Å². The monoisotopic (exact) mass is 265 g/mol. The van der Waals surface area contributed by atoms with Crippen molar-refractivity contribution in [2.45, 2.75) is 27.5 Å². The first kappa shape index (κ1) is 13.1. The molecule has 0 amide bonds. The summed E-state index contributed by atoms with van der Waals surface area (Å²) in [6.45, 7) is 4.89. The Morgan fingerprint density at radius 2 is 2.21 bits per heavy atom. The van der Waals surface area contributed by atoms with Crippen LogP contribution in [-0.4, -0.2) is 25.5 Å². The van der Waals surface area contributed by atoms with E-state index in [-0.39, 0.29) is 23.8 Å². The smallest absolute Gasteiger partial charge is 0.312 e. The van der Waals surface area contributed by atoms with Gasteiger partial charge in [-0.05, 0) is 20.8 Å². The maximum Gasteiger partial charge on any atom is 0.312 e. The Labute approximate surface area is 108 Å². The van der Waals surface area contributed by atoms with Gasteiger partial charge >= 0.3 is 5.97 Å². The Morgan fingerprint density at radius 1 is 1.53 bits per heavy atom. The van der Waals surface area contributed by atoms with Gasteiger partial charge in [-0.1, -0.05) is 0 Å². The molecule has 2 rings (SSSR count). The molecule has 8 heteroatoms. The highest BCUT2D eigenvalue weighted by atomic mass is 16.5. The number of nitrogens with zero attached hydrogens (tertiary/aromatic N) is 3. The predicted molar refractivity (Wildman–Crippen MR) is 68.1 cm³/mol. The van der Waals surface area contributed by atoms with Crippen LogP contribution in [0.2, 0.25) is 0 Å². The molecule has 0 aliphatic carbocycles. The summed E-state index contributed by atoms with van der Waals surface area (Å²) in [5.74, 6) is -0.477. The molecular formula is C11H15N5O3. The van der Waals surface area contributed by atoms with E-state index >= 15 is 0 Å². The second kappa shape index (κ2) is 4.38. The number of ether oxygens (including phenoxy) is 1. The molecule has 8 nitrogen and oxygen atoms in total. The third-order valence-corrected chi connectivity index (χ3v) is 2.51. The normalized spacial score (nSPS) is 11.7. The number of aromatic amines is 1. The van der Waals surface area contributed by atoms with Gasteiger partial charge in [0.15, 0.2) is 17.9 Å². The number of nitrogens with one attached hydrogen (secondary N) is 1. The molecule has 0 fully saturated rings. The van der Waals surface area contributed by atoms with E-state index < -0.39 is 16.9 Å². The summed E-state index contributed by atoms with van der Waals surface area (Å²) in [6.07, 6.45) is 1.35. The van der Waals surface area contributed by atoms with Crippen LogP contribution >= 0.6 is 0 Å². The molecule has 0 saturated carbocycles. The molecule has 0 aromatic carbocycles. The van der Waals surface area contributed by atoms with Crippen molar-refractivity contribution in [2.75, 3.05) is 5.73 Å². The standard InChI is InChI=1S/C11H15N5O3/c1-11(2,3)9(18)19-5-16-8(17)6-7(14-4-13-6)15-10(16)12/h4H,5H2,1-3H3,(H2,12,15)(H,13,14).